The Balaban J connectivity index is 2.15. The molecule has 1 heterocycles. The molecule has 3 N–H and O–H groups in total. The molecule has 1 aromatic carbocycles. The number of nitrogen functional groups attached to an aromatic ring is 1. The smallest absolute Gasteiger partial charge is 0.226 e. The van der Waals surface area contributed by atoms with Crippen LogP contribution in [-0.4, -0.2) is 10.9 Å². The molecule has 0 atom stereocenters. The first-order chi connectivity index (χ1) is 8.33. The van der Waals surface area contributed by atoms with Crippen LogP contribution in [0.25, 0.3) is 10.2 Å². The maximum Gasteiger partial charge on any atom is 0.226 e. The van der Waals surface area contributed by atoms with Crippen molar-refractivity contribution in [2.24, 2.45) is 5.41 Å². The SMILES string of the molecule is CC(C)(C)CC(=O)Nc1nc2ccc(N)cc2s1. The summed E-state index contributed by atoms with van der Waals surface area (Å²) in [7, 11) is 0. The Hall–Kier alpha value is -1.62. The first-order valence-electron chi connectivity index (χ1n) is 5.79. The number of aromatic nitrogens is 1. The van der Waals surface area contributed by atoms with Crippen LogP contribution in [0.2, 0.25) is 0 Å². The number of rotatable bonds is 2. The molecule has 96 valence electrons. The number of hydrogen-bond donors (Lipinski definition) is 2. The molecular formula is C13H17N3OS. The molecule has 0 bridgehead atoms. The summed E-state index contributed by atoms with van der Waals surface area (Å²) >= 11 is 1.44. The van der Waals surface area contributed by atoms with Crippen molar-refractivity contribution in [3.05, 3.63) is 18.2 Å². The monoisotopic (exact) mass is 263 g/mol. The van der Waals surface area contributed by atoms with Crippen LogP contribution in [0.5, 0.6) is 0 Å². The van der Waals surface area contributed by atoms with E-state index < -0.39 is 0 Å². The predicted molar refractivity (Wildman–Crippen MR) is 76.7 cm³/mol. The average Bonchev–Trinajstić information content (AvgIpc) is 2.55. The molecule has 2 rings (SSSR count). The number of nitrogens with one attached hydrogen (secondary N) is 1. The minimum absolute atomic E-state index is 0.00507. The molecule has 1 aromatic heterocycles. The molecule has 2 aromatic rings. The van der Waals surface area contributed by atoms with Crippen molar-refractivity contribution in [3.63, 3.8) is 0 Å². The summed E-state index contributed by atoms with van der Waals surface area (Å²) < 4.78 is 0.987. The van der Waals surface area contributed by atoms with Gasteiger partial charge in [-0.3, -0.25) is 4.79 Å². The van der Waals surface area contributed by atoms with Crippen LogP contribution < -0.4 is 11.1 Å². The third-order valence-corrected chi connectivity index (χ3v) is 3.28. The van der Waals surface area contributed by atoms with E-state index in [1.54, 1.807) is 0 Å². The first kappa shape index (κ1) is 12.8. The fourth-order valence-corrected chi connectivity index (χ4v) is 2.57. The number of benzene rings is 1. The highest BCUT2D eigenvalue weighted by atomic mass is 32.1. The third kappa shape index (κ3) is 3.20. The number of anilines is 2. The van der Waals surface area contributed by atoms with Crippen LogP contribution in [0.1, 0.15) is 27.2 Å². The minimum Gasteiger partial charge on any atom is -0.399 e. The molecule has 1 amide bonds. The fraction of sp³-hybridized carbons (Fsp3) is 0.385. The van der Waals surface area contributed by atoms with Gasteiger partial charge in [-0.2, -0.15) is 0 Å². The van der Waals surface area contributed by atoms with E-state index in [9.17, 15) is 4.79 Å². The van der Waals surface area contributed by atoms with Crippen LogP contribution in [0.15, 0.2) is 18.2 Å². The molecule has 0 spiro atoms. The van der Waals surface area contributed by atoms with Gasteiger partial charge >= 0.3 is 0 Å². The zero-order valence-corrected chi connectivity index (χ0v) is 11.6. The molecule has 0 saturated carbocycles. The second-order valence-corrected chi connectivity index (χ2v) is 6.56. The Bertz CT molecular complexity index is 583. The van der Waals surface area contributed by atoms with Gasteiger partial charge in [-0.1, -0.05) is 32.1 Å². The zero-order valence-electron chi connectivity index (χ0n) is 10.8. The lowest BCUT2D eigenvalue weighted by Gasteiger charge is -2.16. The molecule has 0 saturated heterocycles. The van der Waals surface area contributed by atoms with Gasteiger partial charge in [0.05, 0.1) is 10.2 Å². The molecule has 18 heavy (non-hydrogen) atoms. The standard InChI is InChI=1S/C13H17N3OS/c1-13(2,3)7-11(17)16-12-15-9-5-4-8(14)6-10(9)18-12/h4-6H,7,14H2,1-3H3,(H,15,16,17). The van der Waals surface area contributed by atoms with E-state index in [0.29, 0.717) is 17.2 Å². The van der Waals surface area contributed by atoms with Crippen LogP contribution in [0.3, 0.4) is 0 Å². The van der Waals surface area contributed by atoms with E-state index in [0.717, 1.165) is 10.2 Å². The summed E-state index contributed by atoms with van der Waals surface area (Å²) in [4.78, 5) is 16.2. The van der Waals surface area contributed by atoms with Crippen LogP contribution in [-0.2, 0) is 4.79 Å². The Morgan fingerprint density at radius 2 is 2.17 bits per heavy atom. The van der Waals surface area contributed by atoms with Crippen molar-refractivity contribution in [3.8, 4) is 0 Å². The molecule has 0 fully saturated rings. The summed E-state index contributed by atoms with van der Waals surface area (Å²) in [5.41, 5.74) is 7.26. The summed E-state index contributed by atoms with van der Waals surface area (Å²) in [5, 5.41) is 3.46. The highest BCUT2D eigenvalue weighted by Gasteiger charge is 2.17. The van der Waals surface area contributed by atoms with Gasteiger partial charge < -0.3 is 11.1 Å². The highest BCUT2D eigenvalue weighted by Crippen LogP contribution is 2.28. The Kier molecular flexibility index (Phi) is 3.26. The summed E-state index contributed by atoms with van der Waals surface area (Å²) in [6.45, 7) is 6.10. The molecule has 0 unspecified atom stereocenters. The third-order valence-electron chi connectivity index (χ3n) is 2.35. The number of hydrogen-bond acceptors (Lipinski definition) is 4. The maximum absolute atomic E-state index is 11.8. The van der Waals surface area contributed by atoms with Crippen molar-refractivity contribution < 1.29 is 4.79 Å². The van der Waals surface area contributed by atoms with Crippen LogP contribution in [0.4, 0.5) is 10.8 Å². The Morgan fingerprint density at radius 3 is 2.83 bits per heavy atom. The Morgan fingerprint density at radius 1 is 1.44 bits per heavy atom. The van der Waals surface area contributed by atoms with Crippen molar-refractivity contribution >= 4 is 38.3 Å². The van der Waals surface area contributed by atoms with Gasteiger partial charge in [0, 0.05) is 12.1 Å². The molecule has 4 nitrogen and oxygen atoms in total. The first-order valence-corrected chi connectivity index (χ1v) is 6.61. The van der Waals surface area contributed by atoms with Gasteiger partial charge in [0.1, 0.15) is 0 Å². The number of carbonyl (C=O) groups is 1. The maximum atomic E-state index is 11.8. The lowest BCUT2D eigenvalue weighted by Crippen LogP contribution is -2.19. The topological polar surface area (TPSA) is 68.0 Å². The number of carbonyl (C=O) groups excluding carboxylic acids is 1. The van der Waals surface area contributed by atoms with Crippen molar-refractivity contribution in [1.82, 2.24) is 4.98 Å². The van der Waals surface area contributed by atoms with Crippen LogP contribution >= 0.6 is 11.3 Å². The summed E-state index contributed by atoms with van der Waals surface area (Å²) in [6, 6.07) is 5.54. The van der Waals surface area contributed by atoms with Crippen LogP contribution in [0, 0.1) is 5.41 Å². The van der Waals surface area contributed by atoms with Gasteiger partial charge in [0.25, 0.3) is 0 Å². The lowest BCUT2D eigenvalue weighted by molar-refractivity contribution is -0.117. The summed E-state index contributed by atoms with van der Waals surface area (Å²) in [5.74, 6) is -0.00507. The lowest BCUT2D eigenvalue weighted by atomic mass is 9.92. The van der Waals surface area contributed by atoms with E-state index in [1.165, 1.54) is 11.3 Å². The summed E-state index contributed by atoms with van der Waals surface area (Å²) in [6.07, 6.45) is 0.477. The number of fused-ring (bicyclic) bond motifs is 1. The molecule has 0 radical (unpaired) electrons. The highest BCUT2D eigenvalue weighted by molar-refractivity contribution is 7.22. The molecule has 0 aliphatic heterocycles. The van der Waals surface area contributed by atoms with E-state index >= 15 is 0 Å². The van der Waals surface area contributed by atoms with E-state index in [4.69, 9.17) is 5.73 Å². The molecular weight excluding hydrogens is 246 g/mol. The van der Waals surface area contributed by atoms with Gasteiger partial charge in [-0.25, -0.2) is 4.98 Å². The van der Waals surface area contributed by atoms with E-state index in [1.807, 2.05) is 39.0 Å². The predicted octanol–water partition coefficient (Wildman–Crippen LogP) is 3.25. The number of nitrogens with two attached hydrogens (primary N) is 1. The normalized spacial score (nSPS) is 11.7. The number of thiazole rings is 1. The van der Waals surface area contributed by atoms with E-state index in [-0.39, 0.29) is 11.3 Å². The molecule has 0 aliphatic carbocycles. The average molecular weight is 263 g/mol. The van der Waals surface area contributed by atoms with Gasteiger partial charge in [0.2, 0.25) is 5.91 Å². The zero-order chi connectivity index (χ0) is 13.3. The number of nitrogens with zero attached hydrogens (tertiary/aromatic N) is 1. The van der Waals surface area contributed by atoms with Gasteiger partial charge in [-0.15, -0.1) is 0 Å². The number of amides is 1. The quantitative estimate of drug-likeness (QED) is 0.817. The Labute approximate surface area is 110 Å². The van der Waals surface area contributed by atoms with E-state index in [2.05, 4.69) is 10.3 Å². The van der Waals surface area contributed by atoms with Gasteiger partial charge in [-0.05, 0) is 23.6 Å². The van der Waals surface area contributed by atoms with Crippen molar-refractivity contribution in [2.45, 2.75) is 27.2 Å². The second kappa shape index (κ2) is 4.57. The van der Waals surface area contributed by atoms with Gasteiger partial charge in [0.15, 0.2) is 5.13 Å². The fourth-order valence-electron chi connectivity index (χ4n) is 1.64. The van der Waals surface area contributed by atoms with Crippen molar-refractivity contribution in [1.29, 1.82) is 0 Å². The molecule has 0 aliphatic rings. The van der Waals surface area contributed by atoms with Crippen molar-refractivity contribution in [2.75, 3.05) is 11.1 Å². The second-order valence-electron chi connectivity index (χ2n) is 5.53. The minimum atomic E-state index is -0.0226. The largest absolute Gasteiger partial charge is 0.399 e. The molecule has 5 heteroatoms.